The van der Waals surface area contributed by atoms with Crippen LogP contribution >= 0.6 is 24.0 Å². The van der Waals surface area contributed by atoms with Crippen LogP contribution in [0.25, 0.3) is 0 Å². The predicted molar refractivity (Wildman–Crippen MR) is 102 cm³/mol. The number of aryl methyl sites for hydroxylation is 1. The molecule has 1 saturated carbocycles. The molecule has 1 fully saturated rings. The van der Waals surface area contributed by atoms with E-state index in [1.165, 1.54) is 18.4 Å². The molecule has 7 heteroatoms. The van der Waals surface area contributed by atoms with E-state index >= 15 is 0 Å². The van der Waals surface area contributed by atoms with E-state index in [9.17, 15) is 0 Å². The van der Waals surface area contributed by atoms with E-state index in [0.717, 1.165) is 31.5 Å². The van der Waals surface area contributed by atoms with E-state index in [0.29, 0.717) is 0 Å². The average Bonchev–Trinajstić information content (AvgIpc) is 3.17. The second-order valence-electron chi connectivity index (χ2n) is 5.97. The molecule has 1 aromatic rings. The monoisotopic (exact) mass is 420 g/mol. The highest BCUT2D eigenvalue weighted by Gasteiger charge is 2.21. The van der Waals surface area contributed by atoms with E-state index in [4.69, 9.17) is 4.99 Å². The van der Waals surface area contributed by atoms with Crippen LogP contribution in [0.3, 0.4) is 0 Å². The second kappa shape index (κ2) is 9.34. The van der Waals surface area contributed by atoms with Crippen molar-refractivity contribution in [2.75, 3.05) is 33.7 Å². The van der Waals surface area contributed by atoms with Crippen molar-refractivity contribution in [3.8, 4) is 0 Å². The topological polar surface area (TPSA) is 57.5 Å². The van der Waals surface area contributed by atoms with Crippen LogP contribution in [0.15, 0.2) is 17.4 Å². The lowest BCUT2D eigenvalue weighted by Gasteiger charge is -2.22. The first-order valence-corrected chi connectivity index (χ1v) is 7.77. The van der Waals surface area contributed by atoms with Crippen LogP contribution < -0.4 is 10.6 Å². The first kappa shape index (κ1) is 19.2. The van der Waals surface area contributed by atoms with Crippen LogP contribution in [0.2, 0.25) is 0 Å². The van der Waals surface area contributed by atoms with Gasteiger partial charge < -0.3 is 15.5 Å². The van der Waals surface area contributed by atoms with Crippen molar-refractivity contribution < 1.29 is 0 Å². The quantitative estimate of drug-likeness (QED) is 0.400. The lowest BCUT2D eigenvalue weighted by atomic mass is 10.1. The van der Waals surface area contributed by atoms with E-state index in [-0.39, 0.29) is 30.0 Å². The number of likely N-dealkylation sites (N-methyl/N-ethyl adjacent to an activating group) is 1. The summed E-state index contributed by atoms with van der Waals surface area (Å²) in [4.78, 5) is 6.92. The number of aromatic nitrogens is 2. The zero-order valence-electron chi connectivity index (χ0n) is 14.0. The molecule has 0 spiro atoms. The van der Waals surface area contributed by atoms with Gasteiger partial charge in [-0.3, -0.25) is 9.67 Å². The smallest absolute Gasteiger partial charge is 0.191 e. The number of guanidine groups is 1. The zero-order valence-corrected chi connectivity index (χ0v) is 16.4. The van der Waals surface area contributed by atoms with Crippen molar-refractivity contribution in [2.45, 2.75) is 25.8 Å². The third-order valence-electron chi connectivity index (χ3n) is 3.75. The molecule has 1 atom stereocenters. The molecule has 0 saturated heterocycles. The summed E-state index contributed by atoms with van der Waals surface area (Å²) in [7, 11) is 6.11. The summed E-state index contributed by atoms with van der Waals surface area (Å²) < 4.78 is 1.84. The molecule has 0 amide bonds. The molecule has 0 aromatic carbocycles. The van der Waals surface area contributed by atoms with Crippen LogP contribution in [0.5, 0.6) is 0 Å². The summed E-state index contributed by atoms with van der Waals surface area (Å²) in [5.74, 6) is 1.76. The Morgan fingerprint density at radius 2 is 2.18 bits per heavy atom. The Labute approximate surface area is 150 Å². The highest BCUT2D eigenvalue weighted by molar-refractivity contribution is 14.0. The number of hydrogen-bond donors (Lipinski definition) is 2. The summed E-state index contributed by atoms with van der Waals surface area (Å²) in [6, 6.07) is 0.245. The molecular weight excluding hydrogens is 391 g/mol. The van der Waals surface area contributed by atoms with E-state index in [1.54, 1.807) is 0 Å². The lowest BCUT2D eigenvalue weighted by Crippen LogP contribution is -2.39. The molecule has 0 aliphatic heterocycles. The summed E-state index contributed by atoms with van der Waals surface area (Å²) in [5.41, 5.74) is 1.20. The van der Waals surface area contributed by atoms with Crippen LogP contribution in [-0.4, -0.2) is 54.4 Å². The first-order valence-electron chi connectivity index (χ1n) is 7.77. The average molecular weight is 420 g/mol. The van der Waals surface area contributed by atoms with Crippen LogP contribution in [0.4, 0.5) is 0 Å². The van der Waals surface area contributed by atoms with Gasteiger partial charge >= 0.3 is 0 Å². The maximum absolute atomic E-state index is 4.74. The maximum atomic E-state index is 4.74. The summed E-state index contributed by atoms with van der Waals surface area (Å²) in [6.07, 6.45) is 6.68. The Hall–Kier alpha value is -0.830. The van der Waals surface area contributed by atoms with Gasteiger partial charge in [0.05, 0.1) is 18.8 Å². The number of rotatable bonds is 7. The Morgan fingerprint density at radius 3 is 2.68 bits per heavy atom. The molecule has 0 radical (unpaired) electrons. The Morgan fingerprint density at radius 1 is 1.45 bits per heavy atom. The predicted octanol–water partition coefficient (Wildman–Crippen LogP) is 1.61. The zero-order chi connectivity index (χ0) is 15.2. The van der Waals surface area contributed by atoms with Crippen molar-refractivity contribution in [1.82, 2.24) is 25.3 Å². The summed E-state index contributed by atoms with van der Waals surface area (Å²) in [6.45, 7) is 4.74. The van der Waals surface area contributed by atoms with Gasteiger partial charge in [-0.1, -0.05) is 0 Å². The molecule has 1 aromatic heterocycles. The highest BCUT2D eigenvalue weighted by atomic mass is 127. The fourth-order valence-corrected chi connectivity index (χ4v) is 2.26. The summed E-state index contributed by atoms with van der Waals surface area (Å²) >= 11 is 0. The maximum Gasteiger partial charge on any atom is 0.191 e. The van der Waals surface area contributed by atoms with E-state index in [2.05, 4.69) is 47.8 Å². The molecule has 0 bridgehead atoms. The minimum Gasteiger partial charge on any atom is -0.357 e. The van der Waals surface area contributed by atoms with Crippen molar-refractivity contribution in [2.24, 2.45) is 18.0 Å². The van der Waals surface area contributed by atoms with Gasteiger partial charge in [0.1, 0.15) is 0 Å². The lowest BCUT2D eigenvalue weighted by molar-refractivity contribution is 0.306. The SMILES string of the molecule is CCNC(=NCC(c1cnn(C)c1)N(C)C)NCC1CC1.I. The van der Waals surface area contributed by atoms with Gasteiger partial charge in [0.25, 0.3) is 0 Å². The van der Waals surface area contributed by atoms with Gasteiger partial charge in [-0.2, -0.15) is 5.10 Å². The van der Waals surface area contributed by atoms with Gasteiger partial charge in [-0.05, 0) is 39.8 Å². The fourth-order valence-electron chi connectivity index (χ4n) is 2.26. The minimum atomic E-state index is 0. The Kier molecular flexibility index (Phi) is 8.16. The van der Waals surface area contributed by atoms with Crippen LogP contribution in [-0.2, 0) is 7.05 Å². The molecular formula is C15H29IN6. The molecule has 1 unspecified atom stereocenters. The van der Waals surface area contributed by atoms with Crippen molar-refractivity contribution in [1.29, 1.82) is 0 Å². The number of nitrogens with zero attached hydrogens (tertiary/aromatic N) is 4. The van der Waals surface area contributed by atoms with Crippen LogP contribution in [0.1, 0.15) is 31.4 Å². The van der Waals surface area contributed by atoms with E-state index < -0.39 is 0 Å². The number of aliphatic imine (C=N–C) groups is 1. The molecule has 1 heterocycles. The van der Waals surface area contributed by atoms with Crippen LogP contribution in [0, 0.1) is 5.92 Å². The first-order chi connectivity index (χ1) is 10.1. The largest absolute Gasteiger partial charge is 0.357 e. The Bertz CT molecular complexity index is 466. The molecule has 22 heavy (non-hydrogen) atoms. The van der Waals surface area contributed by atoms with Crippen molar-refractivity contribution in [3.63, 3.8) is 0 Å². The molecule has 6 nitrogen and oxygen atoms in total. The molecule has 1 aliphatic carbocycles. The third-order valence-corrected chi connectivity index (χ3v) is 3.75. The fraction of sp³-hybridized carbons (Fsp3) is 0.733. The van der Waals surface area contributed by atoms with Crippen molar-refractivity contribution in [3.05, 3.63) is 18.0 Å². The molecule has 1 aliphatic rings. The normalized spacial score (nSPS) is 16.3. The number of hydrogen-bond acceptors (Lipinski definition) is 3. The number of nitrogens with one attached hydrogen (secondary N) is 2. The van der Waals surface area contributed by atoms with Gasteiger partial charge in [0.15, 0.2) is 5.96 Å². The van der Waals surface area contributed by atoms with Gasteiger partial charge in [0, 0.05) is 31.9 Å². The van der Waals surface area contributed by atoms with Crippen molar-refractivity contribution >= 4 is 29.9 Å². The third kappa shape index (κ3) is 6.12. The highest BCUT2D eigenvalue weighted by Crippen LogP contribution is 2.27. The Balaban J connectivity index is 0.00000242. The van der Waals surface area contributed by atoms with Gasteiger partial charge in [0.2, 0.25) is 0 Å². The summed E-state index contributed by atoms with van der Waals surface area (Å²) in [5, 5.41) is 11.0. The second-order valence-corrected chi connectivity index (χ2v) is 5.97. The van der Waals surface area contributed by atoms with Gasteiger partial charge in [-0.25, -0.2) is 0 Å². The molecule has 2 N–H and O–H groups in total. The molecule has 2 rings (SSSR count). The van der Waals surface area contributed by atoms with Gasteiger partial charge in [-0.15, -0.1) is 24.0 Å². The van der Waals surface area contributed by atoms with E-state index in [1.807, 2.05) is 17.9 Å². The standard InChI is InChI=1S/C15H28N6.HI/c1-5-16-15(17-8-12-6-7-12)18-10-14(20(2)3)13-9-19-21(4)11-13;/h9,11-12,14H,5-8,10H2,1-4H3,(H2,16,17,18);1H. The minimum absolute atomic E-state index is 0. The number of halogens is 1. The molecule has 126 valence electrons.